The fourth-order valence-corrected chi connectivity index (χ4v) is 0.975. The van der Waals surface area contributed by atoms with Gasteiger partial charge in [0.2, 0.25) is 0 Å². The molecule has 0 spiro atoms. The van der Waals surface area contributed by atoms with Crippen molar-refractivity contribution >= 4 is 17.6 Å². The molecule has 0 aliphatic rings. The number of carbonyl (C=O) groups is 1. The zero-order valence-electron chi connectivity index (χ0n) is 7.03. The zero-order valence-corrected chi connectivity index (χ0v) is 7.78. The minimum Gasteiger partial charge on any atom is -0.479 e. The Morgan fingerprint density at radius 3 is 2.85 bits per heavy atom. The summed E-state index contributed by atoms with van der Waals surface area (Å²) in [6, 6.07) is 6.62. The number of carboxylic acid groups (broad SMARTS) is 1. The predicted octanol–water partition coefficient (Wildman–Crippen LogP) is 2.19. The predicted molar refractivity (Wildman–Crippen MR) is 49.2 cm³/mol. The van der Waals surface area contributed by atoms with Crippen molar-refractivity contribution in [1.29, 1.82) is 0 Å². The van der Waals surface area contributed by atoms with Crippen LogP contribution < -0.4 is 4.74 Å². The van der Waals surface area contributed by atoms with Crippen molar-refractivity contribution in [2.45, 2.75) is 13.0 Å². The van der Waals surface area contributed by atoms with Crippen molar-refractivity contribution < 1.29 is 14.6 Å². The molecule has 0 bridgehead atoms. The quantitative estimate of drug-likeness (QED) is 0.814. The Balaban J connectivity index is 2.69. The Labute approximate surface area is 80.9 Å². The number of aliphatic carboxylic acids is 1. The summed E-state index contributed by atoms with van der Waals surface area (Å²) in [5, 5.41) is 9.08. The van der Waals surface area contributed by atoms with Gasteiger partial charge in [-0.2, -0.15) is 0 Å². The van der Waals surface area contributed by atoms with E-state index in [0.29, 0.717) is 10.8 Å². The largest absolute Gasteiger partial charge is 0.479 e. The number of hydrogen-bond acceptors (Lipinski definition) is 2. The monoisotopic (exact) mass is 200 g/mol. The molecule has 1 atom stereocenters. The normalized spacial score (nSPS) is 12.2. The van der Waals surface area contributed by atoms with E-state index in [4.69, 9.17) is 21.4 Å². The van der Waals surface area contributed by atoms with E-state index in [1.165, 1.54) is 6.92 Å². The minimum absolute atomic E-state index is 0.461. The van der Waals surface area contributed by atoms with Crippen LogP contribution in [0.2, 0.25) is 5.02 Å². The first-order valence-corrected chi connectivity index (χ1v) is 4.12. The third kappa shape index (κ3) is 2.95. The van der Waals surface area contributed by atoms with Gasteiger partial charge < -0.3 is 9.84 Å². The molecule has 4 heteroatoms. The van der Waals surface area contributed by atoms with E-state index in [9.17, 15) is 4.79 Å². The summed E-state index contributed by atoms with van der Waals surface area (Å²) in [5.74, 6) is -0.539. The van der Waals surface area contributed by atoms with Crippen LogP contribution in [-0.2, 0) is 4.79 Å². The summed E-state index contributed by atoms with van der Waals surface area (Å²) in [4.78, 5) is 10.4. The van der Waals surface area contributed by atoms with E-state index < -0.39 is 12.1 Å². The molecule has 1 aromatic carbocycles. The maximum Gasteiger partial charge on any atom is 0.344 e. The molecule has 0 heterocycles. The van der Waals surface area contributed by atoms with E-state index in [2.05, 4.69) is 0 Å². The molecule has 3 nitrogen and oxygen atoms in total. The van der Waals surface area contributed by atoms with Gasteiger partial charge in [-0.15, -0.1) is 0 Å². The molecule has 1 rings (SSSR count). The van der Waals surface area contributed by atoms with Crippen LogP contribution in [0.4, 0.5) is 0 Å². The molecular formula is C9H9ClO3. The van der Waals surface area contributed by atoms with Gasteiger partial charge in [-0.1, -0.05) is 17.7 Å². The van der Waals surface area contributed by atoms with Crippen LogP contribution in [0.15, 0.2) is 24.3 Å². The SMILES string of the molecule is C[C@H](Oc1cccc(Cl)c1)C(=O)O. The van der Waals surface area contributed by atoms with Crippen LogP contribution in [0, 0.1) is 0 Å². The van der Waals surface area contributed by atoms with Crippen LogP contribution in [0.25, 0.3) is 0 Å². The molecule has 70 valence electrons. The number of benzene rings is 1. The molecule has 1 aromatic rings. The van der Waals surface area contributed by atoms with Crippen LogP contribution in [0.5, 0.6) is 5.75 Å². The Bertz CT molecular complexity index is 311. The van der Waals surface area contributed by atoms with Gasteiger partial charge in [0, 0.05) is 5.02 Å². The molecule has 0 aliphatic heterocycles. The fourth-order valence-electron chi connectivity index (χ4n) is 0.795. The lowest BCUT2D eigenvalue weighted by atomic mass is 10.3. The molecule has 0 saturated heterocycles. The highest BCUT2D eigenvalue weighted by Crippen LogP contribution is 2.18. The van der Waals surface area contributed by atoms with Crippen molar-refractivity contribution in [3.05, 3.63) is 29.3 Å². The van der Waals surface area contributed by atoms with Crippen LogP contribution in [0.3, 0.4) is 0 Å². The smallest absolute Gasteiger partial charge is 0.344 e. The summed E-state index contributed by atoms with van der Waals surface area (Å²) in [6.45, 7) is 1.46. The summed E-state index contributed by atoms with van der Waals surface area (Å²) in [5.41, 5.74) is 0. The molecule has 0 fully saturated rings. The van der Waals surface area contributed by atoms with Crippen molar-refractivity contribution in [3.63, 3.8) is 0 Å². The van der Waals surface area contributed by atoms with Crippen molar-refractivity contribution in [2.24, 2.45) is 0 Å². The molecule has 0 aliphatic carbocycles. The summed E-state index contributed by atoms with van der Waals surface area (Å²) < 4.78 is 5.07. The van der Waals surface area contributed by atoms with Gasteiger partial charge in [-0.25, -0.2) is 4.79 Å². The first kappa shape index (κ1) is 9.86. The zero-order chi connectivity index (χ0) is 9.84. The Hall–Kier alpha value is -1.22. The standard InChI is InChI=1S/C9H9ClO3/c1-6(9(11)12)13-8-4-2-3-7(10)5-8/h2-6H,1H3,(H,11,12)/t6-/m0/s1. The summed E-state index contributed by atoms with van der Waals surface area (Å²) in [6.07, 6.45) is -0.863. The topological polar surface area (TPSA) is 46.5 Å². The second-order valence-electron chi connectivity index (χ2n) is 2.56. The average Bonchev–Trinajstić information content (AvgIpc) is 2.04. The van der Waals surface area contributed by atoms with Crippen molar-refractivity contribution in [2.75, 3.05) is 0 Å². The molecule has 0 unspecified atom stereocenters. The minimum atomic E-state index is -1.00. The molecule has 1 N–H and O–H groups in total. The number of halogens is 1. The third-order valence-electron chi connectivity index (χ3n) is 1.46. The van der Waals surface area contributed by atoms with Gasteiger partial charge in [0.25, 0.3) is 0 Å². The third-order valence-corrected chi connectivity index (χ3v) is 1.69. The highest BCUT2D eigenvalue weighted by molar-refractivity contribution is 6.30. The molecule has 13 heavy (non-hydrogen) atoms. The molecule has 0 radical (unpaired) electrons. The van der Waals surface area contributed by atoms with Crippen molar-refractivity contribution in [3.8, 4) is 5.75 Å². The highest BCUT2D eigenvalue weighted by Gasteiger charge is 2.11. The van der Waals surface area contributed by atoms with E-state index in [0.717, 1.165) is 0 Å². The second-order valence-corrected chi connectivity index (χ2v) is 2.99. The van der Waals surface area contributed by atoms with Crippen LogP contribution >= 0.6 is 11.6 Å². The van der Waals surface area contributed by atoms with Crippen LogP contribution in [0.1, 0.15) is 6.92 Å². The second kappa shape index (κ2) is 4.14. The van der Waals surface area contributed by atoms with Gasteiger partial charge in [0.05, 0.1) is 0 Å². The Morgan fingerprint density at radius 1 is 1.62 bits per heavy atom. The van der Waals surface area contributed by atoms with Crippen LogP contribution in [-0.4, -0.2) is 17.2 Å². The van der Waals surface area contributed by atoms with E-state index in [1.807, 2.05) is 0 Å². The van der Waals surface area contributed by atoms with E-state index in [-0.39, 0.29) is 0 Å². The summed E-state index contributed by atoms with van der Waals surface area (Å²) >= 11 is 5.68. The lowest BCUT2D eigenvalue weighted by Gasteiger charge is -2.09. The molecule has 0 amide bonds. The number of hydrogen-bond donors (Lipinski definition) is 1. The molecule has 0 aromatic heterocycles. The van der Waals surface area contributed by atoms with E-state index >= 15 is 0 Å². The molecular weight excluding hydrogens is 192 g/mol. The van der Waals surface area contributed by atoms with Gasteiger partial charge in [-0.05, 0) is 25.1 Å². The number of rotatable bonds is 3. The van der Waals surface area contributed by atoms with Gasteiger partial charge in [-0.3, -0.25) is 0 Å². The number of carboxylic acids is 1. The summed E-state index contributed by atoms with van der Waals surface area (Å²) in [7, 11) is 0. The van der Waals surface area contributed by atoms with E-state index in [1.54, 1.807) is 24.3 Å². The lowest BCUT2D eigenvalue weighted by Crippen LogP contribution is -2.22. The first-order chi connectivity index (χ1) is 6.09. The Morgan fingerprint density at radius 2 is 2.31 bits per heavy atom. The lowest BCUT2D eigenvalue weighted by molar-refractivity contribution is -0.144. The maximum atomic E-state index is 10.4. The average molecular weight is 201 g/mol. The Kier molecular flexibility index (Phi) is 3.14. The van der Waals surface area contributed by atoms with Gasteiger partial charge in [0.15, 0.2) is 6.10 Å². The fraction of sp³-hybridized carbons (Fsp3) is 0.222. The highest BCUT2D eigenvalue weighted by atomic mass is 35.5. The van der Waals surface area contributed by atoms with Gasteiger partial charge >= 0.3 is 5.97 Å². The first-order valence-electron chi connectivity index (χ1n) is 3.74. The van der Waals surface area contributed by atoms with Gasteiger partial charge in [0.1, 0.15) is 5.75 Å². The molecule has 0 saturated carbocycles. The number of ether oxygens (including phenoxy) is 1. The van der Waals surface area contributed by atoms with Crippen molar-refractivity contribution in [1.82, 2.24) is 0 Å². The maximum absolute atomic E-state index is 10.4.